The SMILES string of the molecule is COC(C)(C)c1noc(-c2ncn3c2c(=O)n(CCN2CCOCC2)c2c(C#N)c(Cl)ccc23)n1. The van der Waals surface area contributed by atoms with Gasteiger partial charge < -0.3 is 18.6 Å². The maximum Gasteiger partial charge on any atom is 0.279 e. The summed E-state index contributed by atoms with van der Waals surface area (Å²) in [5, 5.41) is 14.2. The molecule has 0 saturated carbocycles. The standard InChI is InChI=1S/C23H24ClN7O4/c1-23(2,33-3)22-27-20(35-28-22)17-19-21(32)30(7-6-29-8-10-34-11-9-29)18-14(12-25)15(24)4-5-16(18)31(19)13-26-17/h4-5,13H,6-11H2,1-3H3. The molecule has 0 spiro atoms. The average Bonchev–Trinajstić information content (AvgIpc) is 3.53. The highest BCUT2D eigenvalue weighted by Crippen LogP contribution is 2.29. The van der Waals surface area contributed by atoms with Crippen LogP contribution in [0.5, 0.6) is 0 Å². The lowest BCUT2D eigenvalue weighted by molar-refractivity contribution is 0.00973. The summed E-state index contributed by atoms with van der Waals surface area (Å²) in [5.74, 6) is 0.446. The van der Waals surface area contributed by atoms with Gasteiger partial charge in [-0.3, -0.25) is 14.1 Å². The van der Waals surface area contributed by atoms with Crippen LogP contribution in [0.2, 0.25) is 5.02 Å². The Hall–Kier alpha value is -3.30. The number of ether oxygens (including phenoxy) is 2. The van der Waals surface area contributed by atoms with Crippen LogP contribution in [0.1, 0.15) is 25.2 Å². The van der Waals surface area contributed by atoms with Crippen LogP contribution in [-0.2, 0) is 21.6 Å². The normalized spacial score (nSPS) is 15.2. The fourth-order valence-electron chi connectivity index (χ4n) is 4.19. The average molecular weight is 498 g/mol. The number of rotatable bonds is 6. The lowest BCUT2D eigenvalue weighted by Crippen LogP contribution is -2.39. The molecule has 0 amide bonds. The van der Waals surface area contributed by atoms with Crippen LogP contribution >= 0.6 is 11.6 Å². The summed E-state index contributed by atoms with van der Waals surface area (Å²) < 4.78 is 19.6. The van der Waals surface area contributed by atoms with E-state index in [-0.39, 0.29) is 33.2 Å². The maximum absolute atomic E-state index is 13.9. The van der Waals surface area contributed by atoms with Gasteiger partial charge in [0.1, 0.15) is 23.5 Å². The molecule has 35 heavy (non-hydrogen) atoms. The van der Waals surface area contributed by atoms with Crippen molar-refractivity contribution in [3.8, 4) is 17.7 Å². The second kappa shape index (κ2) is 9.05. The molecule has 0 radical (unpaired) electrons. The zero-order valence-corrected chi connectivity index (χ0v) is 20.4. The Bertz CT molecular complexity index is 1510. The molecule has 3 aromatic heterocycles. The molecule has 0 bridgehead atoms. The molecule has 5 rings (SSSR count). The van der Waals surface area contributed by atoms with Crippen molar-refractivity contribution >= 4 is 28.2 Å². The first-order chi connectivity index (χ1) is 16.9. The third-order valence-electron chi connectivity index (χ3n) is 6.38. The minimum atomic E-state index is -0.777. The summed E-state index contributed by atoms with van der Waals surface area (Å²) in [4.78, 5) is 25.0. The number of methoxy groups -OCH3 is 1. The van der Waals surface area contributed by atoms with Crippen LogP contribution < -0.4 is 5.56 Å². The monoisotopic (exact) mass is 497 g/mol. The second-order valence-electron chi connectivity index (χ2n) is 8.76. The van der Waals surface area contributed by atoms with Crippen molar-refractivity contribution < 1.29 is 14.0 Å². The van der Waals surface area contributed by atoms with Gasteiger partial charge in [-0.2, -0.15) is 10.2 Å². The van der Waals surface area contributed by atoms with E-state index in [1.54, 1.807) is 28.2 Å². The molecule has 1 aliphatic rings. The molecular formula is C23H24ClN7O4. The van der Waals surface area contributed by atoms with E-state index >= 15 is 0 Å². The van der Waals surface area contributed by atoms with Crippen molar-refractivity contribution in [3.63, 3.8) is 0 Å². The van der Waals surface area contributed by atoms with Crippen LogP contribution in [0, 0.1) is 11.3 Å². The van der Waals surface area contributed by atoms with Crippen LogP contribution in [0.4, 0.5) is 0 Å². The number of fused-ring (bicyclic) bond motifs is 3. The molecule has 12 heteroatoms. The Balaban J connectivity index is 1.71. The van der Waals surface area contributed by atoms with Crippen molar-refractivity contribution in [1.82, 2.24) is 29.0 Å². The summed E-state index contributed by atoms with van der Waals surface area (Å²) in [5.41, 5.74) is 0.748. The Labute approximate surface area is 205 Å². The number of morpholine rings is 1. The van der Waals surface area contributed by atoms with Gasteiger partial charge in [0.15, 0.2) is 5.69 Å². The first-order valence-corrected chi connectivity index (χ1v) is 11.6. The maximum atomic E-state index is 13.9. The van der Waals surface area contributed by atoms with Crippen LogP contribution in [-0.4, -0.2) is 69.0 Å². The molecule has 1 aliphatic heterocycles. The lowest BCUT2D eigenvalue weighted by Gasteiger charge is -2.27. The predicted molar refractivity (Wildman–Crippen MR) is 127 cm³/mol. The minimum absolute atomic E-state index is 0.110. The van der Waals surface area contributed by atoms with E-state index < -0.39 is 5.60 Å². The van der Waals surface area contributed by atoms with Gasteiger partial charge in [0.2, 0.25) is 5.82 Å². The minimum Gasteiger partial charge on any atom is -0.379 e. The molecule has 0 aliphatic carbocycles. The lowest BCUT2D eigenvalue weighted by atomic mass is 10.1. The summed E-state index contributed by atoms with van der Waals surface area (Å²) >= 11 is 6.35. The summed E-state index contributed by atoms with van der Waals surface area (Å²) in [7, 11) is 1.55. The van der Waals surface area contributed by atoms with Crippen LogP contribution in [0.15, 0.2) is 27.8 Å². The number of nitrogens with zero attached hydrogens (tertiary/aromatic N) is 7. The molecular weight excluding hydrogens is 474 g/mol. The third kappa shape index (κ3) is 3.98. The van der Waals surface area contributed by atoms with Gasteiger partial charge in [-0.15, -0.1) is 0 Å². The highest BCUT2D eigenvalue weighted by atomic mass is 35.5. The van der Waals surface area contributed by atoms with Gasteiger partial charge in [-0.25, -0.2) is 4.98 Å². The quantitative estimate of drug-likeness (QED) is 0.395. The number of hydrogen-bond acceptors (Lipinski definition) is 9. The van der Waals surface area contributed by atoms with Crippen LogP contribution in [0.3, 0.4) is 0 Å². The van der Waals surface area contributed by atoms with E-state index in [0.717, 1.165) is 13.1 Å². The van der Waals surface area contributed by atoms with Gasteiger partial charge >= 0.3 is 0 Å². The molecule has 0 N–H and O–H groups in total. The third-order valence-corrected chi connectivity index (χ3v) is 6.70. The zero-order chi connectivity index (χ0) is 24.7. The molecule has 182 valence electrons. The van der Waals surface area contributed by atoms with Crippen molar-refractivity contribution in [2.24, 2.45) is 0 Å². The Morgan fingerprint density at radius 3 is 2.71 bits per heavy atom. The number of nitriles is 1. The zero-order valence-electron chi connectivity index (χ0n) is 19.6. The van der Waals surface area contributed by atoms with E-state index in [4.69, 9.17) is 25.6 Å². The number of imidazole rings is 1. The van der Waals surface area contributed by atoms with E-state index in [2.05, 4.69) is 26.1 Å². The highest BCUT2D eigenvalue weighted by molar-refractivity contribution is 6.32. The van der Waals surface area contributed by atoms with Crippen LogP contribution in [0.25, 0.3) is 28.1 Å². The number of halogens is 1. The fourth-order valence-corrected chi connectivity index (χ4v) is 4.38. The van der Waals surface area contributed by atoms with E-state index in [0.29, 0.717) is 43.2 Å². The number of aromatic nitrogens is 5. The molecule has 0 atom stereocenters. The predicted octanol–water partition coefficient (Wildman–Crippen LogP) is 2.44. The summed E-state index contributed by atoms with van der Waals surface area (Å²) in [6.45, 7) is 7.44. The smallest absolute Gasteiger partial charge is 0.279 e. The van der Waals surface area contributed by atoms with Crippen molar-refractivity contribution in [2.45, 2.75) is 26.0 Å². The first-order valence-electron chi connectivity index (χ1n) is 11.2. The van der Waals surface area contributed by atoms with Gasteiger partial charge in [0.05, 0.1) is 34.8 Å². The van der Waals surface area contributed by atoms with Crippen molar-refractivity contribution in [1.29, 1.82) is 5.26 Å². The highest BCUT2D eigenvalue weighted by Gasteiger charge is 2.29. The van der Waals surface area contributed by atoms with E-state index in [1.165, 1.54) is 6.33 Å². The van der Waals surface area contributed by atoms with Gasteiger partial charge in [0.25, 0.3) is 11.4 Å². The molecule has 4 heterocycles. The Kier molecular flexibility index (Phi) is 6.06. The topological polar surface area (TPSA) is 124 Å². The van der Waals surface area contributed by atoms with Gasteiger partial charge in [0, 0.05) is 33.3 Å². The van der Waals surface area contributed by atoms with Gasteiger partial charge in [-0.1, -0.05) is 16.8 Å². The molecule has 4 aromatic rings. The van der Waals surface area contributed by atoms with E-state index in [1.807, 2.05) is 13.8 Å². The molecule has 11 nitrogen and oxygen atoms in total. The molecule has 1 fully saturated rings. The molecule has 1 saturated heterocycles. The Morgan fingerprint density at radius 2 is 2.00 bits per heavy atom. The fraction of sp³-hybridized carbons (Fsp3) is 0.435. The molecule has 1 aromatic carbocycles. The number of benzene rings is 1. The number of hydrogen-bond donors (Lipinski definition) is 0. The van der Waals surface area contributed by atoms with Crippen molar-refractivity contribution in [3.05, 3.63) is 45.2 Å². The summed E-state index contributed by atoms with van der Waals surface area (Å²) in [6.07, 6.45) is 1.51. The van der Waals surface area contributed by atoms with Gasteiger partial charge in [-0.05, 0) is 26.0 Å². The first kappa shape index (κ1) is 23.4. The Morgan fingerprint density at radius 1 is 1.23 bits per heavy atom. The summed E-state index contributed by atoms with van der Waals surface area (Å²) in [6, 6.07) is 5.58. The second-order valence-corrected chi connectivity index (χ2v) is 9.17. The largest absolute Gasteiger partial charge is 0.379 e. The van der Waals surface area contributed by atoms with E-state index in [9.17, 15) is 10.1 Å². The van der Waals surface area contributed by atoms with Crippen molar-refractivity contribution in [2.75, 3.05) is 40.0 Å². The molecule has 0 unspecified atom stereocenters.